The smallest absolute Gasteiger partial charge is 0.00560 e. The first-order valence-electron chi connectivity index (χ1n) is 3.87. The van der Waals surface area contributed by atoms with E-state index in [1.165, 1.54) is 36.8 Å². The lowest BCUT2D eigenvalue weighted by atomic mass is 9.89. The van der Waals surface area contributed by atoms with Crippen LogP contribution in [0.5, 0.6) is 0 Å². The fourth-order valence-corrected chi connectivity index (χ4v) is 1.53. The molecule has 50 valence electrons. The predicted octanol–water partition coefficient (Wildman–Crippen LogP) is 2.74. The summed E-state index contributed by atoms with van der Waals surface area (Å²) in [6.45, 7) is 0. The molecule has 0 bridgehead atoms. The van der Waals surface area contributed by atoms with E-state index >= 15 is 0 Å². The van der Waals surface area contributed by atoms with Gasteiger partial charge < -0.3 is 0 Å². The molecule has 0 N–H and O–H groups in total. The van der Waals surface area contributed by atoms with E-state index in [0.717, 1.165) is 0 Å². The Balaban J connectivity index is 2.40. The van der Waals surface area contributed by atoms with Gasteiger partial charge in [0, 0.05) is 5.57 Å². The van der Waals surface area contributed by atoms with E-state index < -0.39 is 0 Å². The van der Waals surface area contributed by atoms with E-state index in [0.29, 0.717) is 0 Å². The monoisotopic (exact) mass is 130 g/mol. The van der Waals surface area contributed by atoms with Crippen LogP contribution in [-0.2, 0) is 0 Å². The van der Waals surface area contributed by atoms with Crippen molar-refractivity contribution in [3.8, 4) is 0 Å². The Kier molecular flexibility index (Phi) is 1.36. The predicted molar refractivity (Wildman–Crippen MR) is 41.7 cm³/mol. The summed E-state index contributed by atoms with van der Waals surface area (Å²) >= 11 is 0. The minimum absolute atomic E-state index is 1.21. The first kappa shape index (κ1) is 5.80. The highest BCUT2D eigenvalue weighted by Gasteiger charge is 2.10. The number of allylic oxidation sites excluding steroid dienone is 4. The van der Waals surface area contributed by atoms with Crippen LogP contribution < -0.4 is 0 Å². The Bertz CT molecular complexity index is 266. The minimum Gasteiger partial charge on any atom is -0.0699 e. The number of hydrogen-bond acceptors (Lipinski definition) is 0. The van der Waals surface area contributed by atoms with Gasteiger partial charge in [-0.25, -0.2) is 0 Å². The molecule has 2 rings (SSSR count). The summed E-state index contributed by atoms with van der Waals surface area (Å²) in [5.74, 6) is 0. The highest BCUT2D eigenvalue weighted by atomic mass is 14.1. The first-order valence-corrected chi connectivity index (χ1v) is 3.87. The lowest BCUT2D eigenvalue weighted by Gasteiger charge is -2.15. The van der Waals surface area contributed by atoms with Crippen LogP contribution in [0.1, 0.15) is 25.7 Å². The van der Waals surface area contributed by atoms with E-state index in [9.17, 15) is 0 Å². The zero-order valence-corrected chi connectivity index (χ0v) is 5.98. The molecule has 0 aromatic rings. The largest absolute Gasteiger partial charge is 0.0699 e. The quantitative estimate of drug-likeness (QED) is 0.442. The van der Waals surface area contributed by atoms with E-state index in [1.807, 2.05) is 6.08 Å². The number of rotatable bonds is 0. The molecule has 1 fully saturated rings. The van der Waals surface area contributed by atoms with Gasteiger partial charge in [0.05, 0.1) is 0 Å². The van der Waals surface area contributed by atoms with Crippen LogP contribution in [0.3, 0.4) is 0 Å². The lowest BCUT2D eigenvalue weighted by molar-refractivity contribution is 0.679. The van der Waals surface area contributed by atoms with E-state index in [-0.39, 0.29) is 0 Å². The van der Waals surface area contributed by atoms with Crippen molar-refractivity contribution in [2.24, 2.45) is 0 Å². The molecule has 0 aliphatic heterocycles. The maximum Gasteiger partial charge on any atom is 0.00560 e. The Hall–Kier alpha value is -0.960. The summed E-state index contributed by atoms with van der Waals surface area (Å²) in [6, 6.07) is 0. The normalized spacial score (nSPS) is 21.6. The molecule has 0 unspecified atom stereocenters. The number of hydrogen-bond donors (Lipinski definition) is 0. The first-order chi connectivity index (χ1) is 4.97. The molecular weight excluding hydrogens is 120 g/mol. The van der Waals surface area contributed by atoms with E-state index in [2.05, 4.69) is 17.5 Å². The van der Waals surface area contributed by atoms with Gasteiger partial charge in [-0.1, -0.05) is 11.5 Å². The second kappa shape index (κ2) is 2.34. The molecule has 0 radical (unpaired) electrons. The average molecular weight is 130 g/mol. The number of fused-ring (bicyclic) bond motifs is 1. The third-order valence-corrected chi connectivity index (χ3v) is 2.10. The molecule has 0 aromatic heterocycles. The van der Waals surface area contributed by atoms with Crippen LogP contribution in [0.2, 0.25) is 0 Å². The molecule has 0 saturated heterocycles. The fourth-order valence-electron chi connectivity index (χ4n) is 1.53. The standard InChI is InChI=1S/C10H10/c1-2-6-10-8-4-3-7-9(10)5-1/h1,5H,3-4,7-8H2. The van der Waals surface area contributed by atoms with Crippen molar-refractivity contribution in [3.05, 3.63) is 34.8 Å². The molecular formula is C10H10. The maximum atomic E-state index is 3.16. The second-order valence-electron chi connectivity index (χ2n) is 2.81. The van der Waals surface area contributed by atoms with Crippen molar-refractivity contribution < 1.29 is 0 Å². The topological polar surface area (TPSA) is 0 Å². The van der Waals surface area contributed by atoms with Crippen LogP contribution in [0.15, 0.2) is 34.8 Å². The van der Waals surface area contributed by atoms with Crippen LogP contribution in [0.4, 0.5) is 0 Å². The third kappa shape index (κ3) is 0.885. The van der Waals surface area contributed by atoms with Gasteiger partial charge in [0.1, 0.15) is 0 Å². The van der Waals surface area contributed by atoms with Crippen molar-refractivity contribution in [1.29, 1.82) is 0 Å². The van der Waals surface area contributed by atoms with Crippen molar-refractivity contribution in [2.45, 2.75) is 25.7 Å². The molecule has 0 heterocycles. The van der Waals surface area contributed by atoms with Crippen molar-refractivity contribution in [1.82, 2.24) is 0 Å². The molecule has 0 atom stereocenters. The Morgan fingerprint density at radius 3 is 3.00 bits per heavy atom. The molecule has 0 heteroatoms. The molecule has 0 aromatic carbocycles. The molecule has 10 heavy (non-hydrogen) atoms. The Labute approximate surface area is 61.3 Å². The zero-order chi connectivity index (χ0) is 6.81. The summed E-state index contributed by atoms with van der Waals surface area (Å²) in [6.07, 6.45) is 9.29. The van der Waals surface area contributed by atoms with Crippen molar-refractivity contribution in [3.63, 3.8) is 0 Å². The lowest BCUT2D eigenvalue weighted by Crippen LogP contribution is -1.97. The van der Waals surface area contributed by atoms with Crippen LogP contribution in [-0.4, -0.2) is 0 Å². The molecule has 2 aliphatic rings. The van der Waals surface area contributed by atoms with E-state index in [1.54, 1.807) is 0 Å². The highest BCUT2D eigenvalue weighted by Crippen LogP contribution is 2.28. The van der Waals surface area contributed by atoms with Gasteiger partial charge in [-0.15, -0.1) is 0 Å². The van der Waals surface area contributed by atoms with Gasteiger partial charge in [0.2, 0.25) is 0 Å². The summed E-state index contributed by atoms with van der Waals surface area (Å²) in [4.78, 5) is 0. The van der Waals surface area contributed by atoms with Gasteiger partial charge >= 0.3 is 0 Å². The second-order valence-corrected chi connectivity index (χ2v) is 2.81. The SMILES string of the molecule is C1=C=C2CCCCC2=CC=1. The highest BCUT2D eigenvalue weighted by molar-refractivity contribution is 5.37. The molecule has 0 spiro atoms. The molecule has 0 amide bonds. The van der Waals surface area contributed by atoms with Gasteiger partial charge in [0.25, 0.3) is 0 Å². The van der Waals surface area contributed by atoms with Crippen LogP contribution in [0, 0.1) is 0 Å². The van der Waals surface area contributed by atoms with Crippen molar-refractivity contribution in [2.75, 3.05) is 0 Å². The van der Waals surface area contributed by atoms with Gasteiger partial charge in [-0.2, -0.15) is 0 Å². The third-order valence-electron chi connectivity index (χ3n) is 2.10. The fraction of sp³-hybridized carbons (Fsp3) is 0.400. The molecule has 2 aliphatic carbocycles. The summed E-state index contributed by atoms with van der Waals surface area (Å²) < 4.78 is 0. The van der Waals surface area contributed by atoms with Gasteiger partial charge in [-0.05, 0) is 43.4 Å². The van der Waals surface area contributed by atoms with Crippen molar-refractivity contribution >= 4 is 0 Å². The van der Waals surface area contributed by atoms with Crippen LogP contribution in [0.25, 0.3) is 0 Å². The Morgan fingerprint density at radius 1 is 1.20 bits per heavy atom. The molecule has 1 saturated carbocycles. The zero-order valence-electron chi connectivity index (χ0n) is 5.98. The van der Waals surface area contributed by atoms with Gasteiger partial charge in [0.15, 0.2) is 0 Å². The average Bonchev–Trinajstić information content (AvgIpc) is 2.05. The summed E-state index contributed by atoms with van der Waals surface area (Å²) in [7, 11) is 0. The van der Waals surface area contributed by atoms with E-state index in [4.69, 9.17) is 0 Å². The minimum atomic E-state index is 1.21. The summed E-state index contributed by atoms with van der Waals surface area (Å²) in [5.41, 5.74) is 9.05. The van der Waals surface area contributed by atoms with Crippen LogP contribution >= 0.6 is 0 Å². The maximum absolute atomic E-state index is 3.16. The molecule has 0 nitrogen and oxygen atoms in total. The summed E-state index contributed by atoms with van der Waals surface area (Å²) in [5, 5.41) is 0. The van der Waals surface area contributed by atoms with Gasteiger partial charge in [-0.3, -0.25) is 0 Å². The Morgan fingerprint density at radius 2 is 2.10 bits per heavy atom.